The zero-order valence-corrected chi connectivity index (χ0v) is 13.0. The Morgan fingerprint density at radius 2 is 1.95 bits per heavy atom. The van der Waals surface area contributed by atoms with Gasteiger partial charge in [-0.15, -0.1) is 0 Å². The van der Waals surface area contributed by atoms with E-state index in [1.807, 2.05) is 25.1 Å². The number of halogens is 1. The number of carbonyl (C=O) groups excluding carboxylic acids is 1. The second-order valence-corrected chi connectivity index (χ2v) is 5.30. The van der Waals surface area contributed by atoms with Crippen LogP contribution >= 0.6 is 11.6 Å². The smallest absolute Gasteiger partial charge is 0.326 e. The number of aliphatic carboxylic acids is 1. The van der Waals surface area contributed by atoms with Crippen LogP contribution in [0.15, 0.2) is 24.3 Å². The number of nitrogens with one attached hydrogen (secondary N) is 2. The fourth-order valence-electron chi connectivity index (χ4n) is 1.97. The van der Waals surface area contributed by atoms with Gasteiger partial charge in [-0.2, -0.15) is 0 Å². The molecule has 1 aromatic rings. The Hall–Kier alpha value is -1.75. The number of carboxylic acid groups (broad SMARTS) is 1. The lowest BCUT2D eigenvalue weighted by atomic mass is 10.1. The molecule has 0 radical (unpaired) electrons. The third-order valence-electron chi connectivity index (χ3n) is 3.17. The van der Waals surface area contributed by atoms with Crippen molar-refractivity contribution in [3.8, 4) is 0 Å². The van der Waals surface area contributed by atoms with Crippen LogP contribution < -0.4 is 10.6 Å². The summed E-state index contributed by atoms with van der Waals surface area (Å²) in [6.45, 7) is 3.76. The standard InChI is InChI=1S/C15H21ClN2O3/c1-3-4-9-13(14(19)20)18-15(21)17-10(2)11-7-5-6-8-12(11)16/h5-8,10,13H,3-4,9H2,1-2H3,(H,19,20)(H2,17,18,21)/t10?,13-/m0/s1. The first-order valence-corrected chi connectivity index (χ1v) is 7.37. The summed E-state index contributed by atoms with van der Waals surface area (Å²) in [7, 11) is 0. The Balaban J connectivity index is 2.59. The van der Waals surface area contributed by atoms with Crippen molar-refractivity contribution in [1.29, 1.82) is 0 Å². The Kier molecular flexibility index (Phi) is 7.02. The van der Waals surface area contributed by atoms with Gasteiger partial charge in [-0.05, 0) is 25.0 Å². The minimum atomic E-state index is -1.02. The van der Waals surface area contributed by atoms with Crippen LogP contribution in [-0.2, 0) is 4.79 Å². The molecule has 1 aromatic carbocycles. The average molecular weight is 313 g/mol. The maximum absolute atomic E-state index is 11.9. The van der Waals surface area contributed by atoms with E-state index in [1.54, 1.807) is 13.0 Å². The van der Waals surface area contributed by atoms with Gasteiger partial charge < -0.3 is 15.7 Å². The first-order chi connectivity index (χ1) is 9.95. The molecule has 0 bridgehead atoms. The van der Waals surface area contributed by atoms with Crippen molar-refractivity contribution in [2.75, 3.05) is 0 Å². The van der Waals surface area contributed by atoms with E-state index in [1.165, 1.54) is 0 Å². The van der Waals surface area contributed by atoms with Gasteiger partial charge in [0.15, 0.2) is 0 Å². The maximum atomic E-state index is 11.9. The first-order valence-electron chi connectivity index (χ1n) is 7.00. The summed E-state index contributed by atoms with van der Waals surface area (Å²) < 4.78 is 0. The van der Waals surface area contributed by atoms with Gasteiger partial charge in [-0.25, -0.2) is 9.59 Å². The van der Waals surface area contributed by atoms with Gasteiger partial charge in [-0.1, -0.05) is 49.6 Å². The second-order valence-electron chi connectivity index (χ2n) is 4.89. The van der Waals surface area contributed by atoms with Crippen molar-refractivity contribution in [3.63, 3.8) is 0 Å². The molecule has 2 atom stereocenters. The number of unbranched alkanes of at least 4 members (excludes halogenated alkanes) is 1. The number of benzene rings is 1. The summed E-state index contributed by atoms with van der Waals surface area (Å²) in [5.41, 5.74) is 0.787. The van der Waals surface area contributed by atoms with Gasteiger partial charge in [0.25, 0.3) is 0 Å². The molecule has 0 aromatic heterocycles. The van der Waals surface area contributed by atoms with E-state index in [2.05, 4.69) is 10.6 Å². The molecule has 116 valence electrons. The topological polar surface area (TPSA) is 78.4 Å². The van der Waals surface area contributed by atoms with Crippen LogP contribution in [0.4, 0.5) is 4.79 Å². The fraction of sp³-hybridized carbons (Fsp3) is 0.467. The number of hydrogen-bond acceptors (Lipinski definition) is 2. The van der Waals surface area contributed by atoms with Crippen LogP contribution in [0.3, 0.4) is 0 Å². The molecule has 21 heavy (non-hydrogen) atoms. The van der Waals surface area contributed by atoms with E-state index in [0.717, 1.165) is 18.4 Å². The number of rotatable bonds is 7. The molecule has 0 spiro atoms. The molecule has 0 aliphatic carbocycles. The molecule has 0 aliphatic rings. The van der Waals surface area contributed by atoms with Crippen molar-refractivity contribution < 1.29 is 14.7 Å². The van der Waals surface area contributed by atoms with Crippen molar-refractivity contribution in [2.24, 2.45) is 0 Å². The van der Waals surface area contributed by atoms with Gasteiger partial charge in [0.2, 0.25) is 0 Å². The highest BCUT2D eigenvalue weighted by atomic mass is 35.5. The molecule has 1 rings (SSSR count). The van der Waals surface area contributed by atoms with Gasteiger partial charge in [0.1, 0.15) is 6.04 Å². The summed E-state index contributed by atoms with van der Waals surface area (Å²) >= 11 is 6.06. The lowest BCUT2D eigenvalue weighted by Gasteiger charge is -2.19. The minimum absolute atomic E-state index is 0.306. The van der Waals surface area contributed by atoms with Gasteiger partial charge in [-0.3, -0.25) is 0 Å². The van der Waals surface area contributed by atoms with E-state index >= 15 is 0 Å². The Morgan fingerprint density at radius 1 is 1.29 bits per heavy atom. The summed E-state index contributed by atoms with van der Waals surface area (Å²) in [6.07, 6.45) is 2.04. The third-order valence-corrected chi connectivity index (χ3v) is 3.51. The Bertz CT molecular complexity index is 494. The van der Waals surface area contributed by atoms with Crippen molar-refractivity contribution in [1.82, 2.24) is 10.6 Å². The predicted molar refractivity (Wildman–Crippen MR) is 82.5 cm³/mol. The first kappa shape index (κ1) is 17.3. The van der Waals surface area contributed by atoms with E-state index in [9.17, 15) is 9.59 Å². The van der Waals surface area contributed by atoms with Crippen LogP contribution in [0.1, 0.15) is 44.7 Å². The molecular formula is C15H21ClN2O3. The quantitative estimate of drug-likeness (QED) is 0.722. The SMILES string of the molecule is CCCC[C@H](NC(=O)NC(C)c1ccccc1Cl)C(=O)O. The van der Waals surface area contributed by atoms with Crippen LogP contribution in [0.2, 0.25) is 5.02 Å². The molecule has 3 N–H and O–H groups in total. The van der Waals surface area contributed by atoms with E-state index in [4.69, 9.17) is 16.7 Å². The lowest BCUT2D eigenvalue weighted by Crippen LogP contribution is -2.46. The van der Waals surface area contributed by atoms with E-state index in [-0.39, 0.29) is 6.04 Å². The molecular weight excluding hydrogens is 292 g/mol. The third kappa shape index (κ3) is 5.63. The number of hydrogen-bond donors (Lipinski definition) is 3. The fourth-order valence-corrected chi connectivity index (χ4v) is 2.27. The van der Waals surface area contributed by atoms with Crippen LogP contribution in [-0.4, -0.2) is 23.1 Å². The summed E-state index contributed by atoms with van der Waals surface area (Å²) in [6, 6.07) is 5.52. The predicted octanol–water partition coefficient (Wildman–Crippen LogP) is 3.34. The second kappa shape index (κ2) is 8.52. The average Bonchev–Trinajstić information content (AvgIpc) is 2.43. The van der Waals surface area contributed by atoms with Gasteiger partial charge in [0.05, 0.1) is 6.04 Å². The number of urea groups is 1. The molecule has 0 saturated heterocycles. The molecule has 0 aliphatic heterocycles. The van der Waals surface area contributed by atoms with Crippen molar-refractivity contribution in [2.45, 2.75) is 45.2 Å². The highest BCUT2D eigenvalue weighted by Crippen LogP contribution is 2.21. The Labute approximate surface area is 129 Å². The highest BCUT2D eigenvalue weighted by Gasteiger charge is 2.20. The molecule has 1 unspecified atom stereocenters. The molecule has 2 amide bonds. The monoisotopic (exact) mass is 312 g/mol. The summed E-state index contributed by atoms with van der Waals surface area (Å²) in [5, 5.41) is 14.8. The molecule has 5 nitrogen and oxygen atoms in total. The highest BCUT2D eigenvalue weighted by molar-refractivity contribution is 6.31. The van der Waals surface area contributed by atoms with Crippen LogP contribution in [0.25, 0.3) is 0 Å². The Morgan fingerprint density at radius 3 is 2.52 bits per heavy atom. The van der Waals surface area contributed by atoms with E-state index in [0.29, 0.717) is 11.4 Å². The molecule has 0 saturated carbocycles. The maximum Gasteiger partial charge on any atom is 0.326 e. The normalized spacial score (nSPS) is 13.3. The van der Waals surface area contributed by atoms with Crippen molar-refractivity contribution in [3.05, 3.63) is 34.9 Å². The lowest BCUT2D eigenvalue weighted by molar-refractivity contribution is -0.139. The van der Waals surface area contributed by atoms with Gasteiger partial charge in [0, 0.05) is 5.02 Å². The van der Waals surface area contributed by atoms with Crippen LogP contribution in [0, 0.1) is 0 Å². The van der Waals surface area contributed by atoms with Crippen LogP contribution in [0.5, 0.6) is 0 Å². The van der Waals surface area contributed by atoms with Gasteiger partial charge >= 0.3 is 12.0 Å². The molecule has 0 heterocycles. The van der Waals surface area contributed by atoms with E-state index < -0.39 is 18.0 Å². The largest absolute Gasteiger partial charge is 0.480 e. The summed E-state index contributed by atoms with van der Waals surface area (Å²) in [5.74, 6) is -1.02. The number of carbonyl (C=O) groups is 2. The molecule has 0 fully saturated rings. The minimum Gasteiger partial charge on any atom is -0.480 e. The number of amides is 2. The zero-order chi connectivity index (χ0) is 15.8. The number of carboxylic acids is 1. The molecule has 6 heteroatoms. The van der Waals surface area contributed by atoms with Crippen molar-refractivity contribution >= 4 is 23.6 Å². The zero-order valence-electron chi connectivity index (χ0n) is 12.2. The summed E-state index contributed by atoms with van der Waals surface area (Å²) in [4.78, 5) is 23.0.